The second kappa shape index (κ2) is 9.65. The molecule has 0 atom stereocenters. The highest BCUT2D eigenvalue weighted by Gasteiger charge is 2.64. The maximum atomic E-state index is 14.9. The highest BCUT2D eigenvalue weighted by Crippen LogP contribution is 2.47. The molecular formula is C32H36F2N6O3. The minimum atomic E-state index is -2.92. The zero-order chi connectivity index (χ0) is 29.5. The van der Waals surface area contributed by atoms with Crippen molar-refractivity contribution in [3.8, 4) is 17.3 Å². The number of aliphatic hydroxyl groups is 1. The summed E-state index contributed by atoms with van der Waals surface area (Å²) in [6.45, 7) is 3.26. The number of anilines is 1. The number of ether oxygens (including phenoxy) is 1. The zero-order valence-electron chi connectivity index (χ0n) is 24.3. The molecule has 1 saturated carbocycles. The predicted octanol–water partition coefficient (Wildman–Crippen LogP) is 3.96. The fraction of sp³-hybridized carbons (Fsp3) is 0.500. The van der Waals surface area contributed by atoms with Gasteiger partial charge in [0.05, 0.1) is 41.5 Å². The van der Waals surface area contributed by atoms with Crippen LogP contribution in [0, 0.1) is 11.3 Å². The van der Waals surface area contributed by atoms with Crippen LogP contribution < -0.4 is 15.0 Å². The third kappa shape index (κ3) is 4.07. The van der Waals surface area contributed by atoms with E-state index in [0.29, 0.717) is 22.7 Å². The lowest BCUT2D eigenvalue weighted by atomic mass is 9.78. The van der Waals surface area contributed by atoms with Gasteiger partial charge >= 0.3 is 0 Å². The summed E-state index contributed by atoms with van der Waals surface area (Å²) < 4.78 is 40.3. The average molecular weight is 591 g/mol. The number of imidazole rings is 1. The van der Waals surface area contributed by atoms with Crippen LogP contribution in [0.25, 0.3) is 33.5 Å². The van der Waals surface area contributed by atoms with Gasteiger partial charge in [-0.3, -0.25) is 4.79 Å². The highest BCUT2D eigenvalue weighted by molar-refractivity contribution is 6.01. The molecule has 4 aromatic rings. The summed E-state index contributed by atoms with van der Waals surface area (Å²) in [4.78, 5) is 22.4. The van der Waals surface area contributed by atoms with E-state index in [0.717, 1.165) is 79.1 Å². The summed E-state index contributed by atoms with van der Waals surface area (Å²) in [5.41, 5.74) is 3.91. The van der Waals surface area contributed by atoms with E-state index in [9.17, 15) is 18.7 Å². The molecule has 2 aromatic heterocycles. The van der Waals surface area contributed by atoms with Crippen LogP contribution in [-0.2, 0) is 13.1 Å². The number of rotatable bonds is 8. The van der Waals surface area contributed by atoms with Gasteiger partial charge in [0.15, 0.2) is 5.82 Å². The zero-order valence-corrected chi connectivity index (χ0v) is 24.3. The normalized spacial score (nSPS) is 20.4. The summed E-state index contributed by atoms with van der Waals surface area (Å²) in [6, 6.07) is 12.0. The number of fused-ring (bicyclic) bond motifs is 1. The number of halogens is 2. The Kier molecular flexibility index (Phi) is 6.04. The van der Waals surface area contributed by atoms with Crippen molar-refractivity contribution in [2.75, 3.05) is 57.9 Å². The second-order valence-corrected chi connectivity index (χ2v) is 12.7. The van der Waals surface area contributed by atoms with Gasteiger partial charge in [-0.15, -0.1) is 0 Å². The van der Waals surface area contributed by atoms with Crippen molar-refractivity contribution >= 4 is 33.5 Å². The molecule has 1 aliphatic carbocycles. The summed E-state index contributed by atoms with van der Waals surface area (Å²) in [7, 11) is 1.58. The van der Waals surface area contributed by atoms with Gasteiger partial charge in [-0.2, -0.15) is 0 Å². The lowest BCUT2D eigenvalue weighted by Crippen LogP contribution is -2.62. The molecule has 2 N–H and O–H groups in total. The summed E-state index contributed by atoms with van der Waals surface area (Å²) >= 11 is 0. The van der Waals surface area contributed by atoms with E-state index in [2.05, 4.69) is 43.6 Å². The molecule has 0 radical (unpaired) electrons. The van der Waals surface area contributed by atoms with E-state index in [-0.39, 0.29) is 26.2 Å². The van der Waals surface area contributed by atoms with Crippen molar-refractivity contribution in [3.05, 3.63) is 42.0 Å². The van der Waals surface area contributed by atoms with Crippen LogP contribution >= 0.6 is 0 Å². The number of alkyl halides is 2. The van der Waals surface area contributed by atoms with Crippen LogP contribution in [0.2, 0.25) is 0 Å². The van der Waals surface area contributed by atoms with E-state index in [4.69, 9.17) is 9.72 Å². The number of nitrogens with zero attached hydrogens (tertiary/aromatic N) is 5. The Hall–Kier alpha value is -3.70. The number of aromatic nitrogens is 3. The van der Waals surface area contributed by atoms with Crippen molar-refractivity contribution < 1.29 is 23.4 Å². The minimum Gasteiger partial charge on any atom is -0.494 e. The van der Waals surface area contributed by atoms with E-state index in [1.54, 1.807) is 19.2 Å². The largest absolute Gasteiger partial charge is 0.494 e. The third-order valence-corrected chi connectivity index (χ3v) is 9.93. The first-order valence-corrected chi connectivity index (χ1v) is 15.3. The molecule has 1 spiro atoms. The topological polar surface area (TPSA) is 87.8 Å². The smallest absolute Gasteiger partial charge is 0.274 e. The molecule has 1 amide bonds. The number of para-hydroxylation sites is 1. The number of nitrogens with one attached hydrogen (secondary N) is 1. The van der Waals surface area contributed by atoms with Gasteiger partial charge in [0, 0.05) is 63.4 Å². The van der Waals surface area contributed by atoms with E-state index < -0.39 is 23.8 Å². The lowest BCUT2D eigenvalue weighted by molar-refractivity contribution is -0.108. The van der Waals surface area contributed by atoms with Gasteiger partial charge in [-0.25, -0.2) is 13.8 Å². The van der Waals surface area contributed by atoms with Crippen molar-refractivity contribution in [2.45, 2.75) is 38.3 Å². The van der Waals surface area contributed by atoms with Gasteiger partial charge in [-0.05, 0) is 49.4 Å². The number of amides is 1. The molecule has 9 nitrogen and oxygen atoms in total. The third-order valence-electron chi connectivity index (χ3n) is 9.93. The van der Waals surface area contributed by atoms with Gasteiger partial charge in [0.25, 0.3) is 11.8 Å². The summed E-state index contributed by atoms with van der Waals surface area (Å²) in [6.07, 6.45) is 3.03. The van der Waals surface area contributed by atoms with E-state index in [1.165, 1.54) is 4.90 Å². The molecule has 226 valence electrons. The standard InChI is InChI=1S/C32H36F2N6O3/c1-43-26-14-22(30(42)38-18-31(16-35-17-31)32(33,34)19-38)12-23-28(26)40(15-20-6-7-20)29(36-23)25-13-21-4-2-5-24-27(21)39(25)10-9-37(24)8-3-11-41/h2,4-5,12-14,20,35,41H,3,6-11,15-19H2,1H3. The molecule has 4 aliphatic rings. The summed E-state index contributed by atoms with van der Waals surface area (Å²) in [5, 5.41) is 13.5. The van der Waals surface area contributed by atoms with Crippen LogP contribution in [-0.4, -0.2) is 88.9 Å². The Morgan fingerprint density at radius 2 is 1.98 bits per heavy atom. The second-order valence-electron chi connectivity index (χ2n) is 12.7. The number of aliphatic hydroxyl groups excluding tert-OH is 1. The molecule has 8 rings (SSSR count). The van der Waals surface area contributed by atoms with Crippen molar-refractivity contribution in [3.63, 3.8) is 0 Å². The SMILES string of the molecule is COc1cc(C(=O)N2CC(F)(F)C3(CNC3)C2)cc2nc(-c3cc4cccc5c4n3CCN5CCCO)n(CC3CC3)c12. The number of hydrogen-bond donors (Lipinski definition) is 2. The van der Waals surface area contributed by atoms with Crippen LogP contribution in [0.5, 0.6) is 5.75 Å². The summed E-state index contributed by atoms with van der Waals surface area (Å²) in [5.74, 6) is -1.44. The molecule has 0 bridgehead atoms. The lowest BCUT2D eigenvalue weighted by Gasteiger charge is -2.42. The number of carbonyl (C=O) groups excluding carboxylic acids is 1. The quantitative estimate of drug-likeness (QED) is 0.323. The van der Waals surface area contributed by atoms with Gasteiger partial charge in [0.1, 0.15) is 11.3 Å². The number of carbonyl (C=O) groups is 1. The van der Waals surface area contributed by atoms with Crippen molar-refractivity contribution in [1.29, 1.82) is 0 Å². The molecule has 0 unspecified atom stereocenters. The first kappa shape index (κ1) is 26.9. The number of benzene rings is 2. The maximum absolute atomic E-state index is 14.9. The first-order valence-electron chi connectivity index (χ1n) is 15.3. The minimum absolute atomic E-state index is 0.0331. The number of hydrogen-bond acceptors (Lipinski definition) is 6. The number of likely N-dealkylation sites (tertiary alicyclic amines) is 1. The Labute approximate surface area is 248 Å². The highest BCUT2D eigenvalue weighted by atomic mass is 19.3. The van der Waals surface area contributed by atoms with Crippen LogP contribution in [0.15, 0.2) is 36.4 Å². The van der Waals surface area contributed by atoms with E-state index in [1.807, 2.05) is 0 Å². The Morgan fingerprint density at radius 1 is 1.14 bits per heavy atom. The predicted molar refractivity (Wildman–Crippen MR) is 160 cm³/mol. The van der Waals surface area contributed by atoms with Gasteiger partial charge in [0.2, 0.25) is 0 Å². The first-order chi connectivity index (χ1) is 20.8. The Bertz CT molecular complexity index is 1750. The van der Waals surface area contributed by atoms with Crippen LogP contribution in [0.3, 0.4) is 0 Å². The Balaban J connectivity index is 1.24. The monoisotopic (exact) mass is 590 g/mol. The number of methoxy groups -OCH3 is 1. The molecule has 2 aromatic carbocycles. The molecule has 3 aliphatic heterocycles. The maximum Gasteiger partial charge on any atom is 0.274 e. The fourth-order valence-electron chi connectivity index (χ4n) is 7.32. The van der Waals surface area contributed by atoms with E-state index >= 15 is 0 Å². The Morgan fingerprint density at radius 3 is 2.67 bits per heavy atom. The van der Waals surface area contributed by atoms with Crippen LogP contribution in [0.4, 0.5) is 14.5 Å². The van der Waals surface area contributed by atoms with Crippen molar-refractivity contribution in [1.82, 2.24) is 24.3 Å². The molecule has 43 heavy (non-hydrogen) atoms. The van der Waals surface area contributed by atoms with Crippen LogP contribution in [0.1, 0.15) is 29.6 Å². The molecule has 11 heteroatoms. The molecule has 2 saturated heterocycles. The molecule has 5 heterocycles. The van der Waals surface area contributed by atoms with Gasteiger partial charge < -0.3 is 34.1 Å². The molecular weight excluding hydrogens is 554 g/mol. The average Bonchev–Trinajstić information content (AvgIpc) is 3.51. The molecule has 3 fully saturated rings. The van der Waals surface area contributed by atoms with Crippen molar-refractivity contribution in [2.24, 2.45) is 11.3 Å². The van der Waals surface area contributed by atoms with Gasteiger partial charge in [-0.1, -0.05) is 12.1 Å². The fourth-order valence-corrected chi connectivity index (χ4v) is 7.32.